The van der Waals surface area contributed by atoms with Gasteiger partial charge in [0.1, 0.15) is 34.9 Å². The molecule has 5 aromatic rings. The Hall–Kier alpha value is -6.00. The van der Waals surface area contributed by atoms with E-state index in [0.29, 0.717) is 30.3 Å². The molecule has 0 spiro atoms. The Morgan fingerprint density at radius 1 is 0.889 bits per heavy atom. The van der Waals surface area contributed by atoms with Crippen molar-refractivity contribution in [1.82, 2.24) is 24.8 Å². The molecule has 63 heavy (non-hydrogen) atoms. The molecule has 0 N–H and O–H groups in total. The maximum atomic E-state index is 15.6. The Morgan fingerprint density at radius 3 is 2.05 bits per heavy atom. The zero-order chi connectivity index (χ0) is 45.4. The normalized spacial score (nSPS) is 17.3. The molecule has 1 amide bonds. The summed E-state index contributed by atoms with van der Waals surface area (Å²) in [6.07, 6.45) is 0.944. The fourth-order valence-corrected chi connectivity index (χ4v) is 9.23. The molecule has 4 heterocycles. The Kier molecular flexibility index (Phi) is 12.9. The topological polar surface area (TPSA) is 143 Å². The lowest BCUT2D eigenvalue weighted by atomic mass is 10.0. The van der Waals surface area contributed by atoms with Crippen LogP contribution in [0, 0.1) is 5.82 Å². The number of nitrogens with zero attached hydrogens (tertiary/aromatic N) is 8. The first-order chi connectivity index (χ1) is 29.9. The smallest absolute Gasteiger partial charge is 0.410 e. The van der Waals surface area contributed by atoms with Crippen molar-refractivity contribution in [2.45, 2.75) is 85.2 Å². The standard InChI is InChI=1S/C46H52ClFN8O6S/c1-28(2)39-41(44(50-27-49-39)53(25-31-14-18-33(60-8)19-15-31)26-32-16-20-34(61-9)21-17-32)56-42-36(22-37(47)40(51-42)35-12-10-11-13-38(35)48)43(52-63(56,58)59)54-23-30(4)55(24-29(54)3)45(57)62-46(5,6)7/h10-22,27-30H,23-26H2,1-9H3/t29-,30+/m0/s1. The number of ether oxygens (including phenoxy) is 3. The van der Waals surface area contributed by atoms with E-state index in [-0.39, 0.29) is 64.0 Å². The molecule has 2 atom stereocenters. The Morgan fingerprint density at radius 2 is 1.49 bits per heavy atom. The summed E-state index contributed by atoms with van der Waals surface area (Å²) >= 11 is 7.02. The highest BCUT2D eigenvalue weighted by atomic mass is 35.5. The zero-order valence-corrected chi connectivity index (χ0v) is 38.4. The number of fused-ring (bicyclic) bond motifs is 1. The average molecular weight is 899 g/mol. The molecule has 0 bridgehead atoms. The zero-order valence-electron chi connectivity index (χ0n) is 36.8. The SMILES string of the molecule is COc1ccc(CN(Cc2ccc(OC)cc2)c2ncnc(C(C)C)c2N2c3nc(-c4ccccc4F)c(Cl)cc3C(N3C[C@@H](C)N(C(=O)OC(C)(C)C)C[C@@H]3C)=NS2(=O)=O)cc1. The molecule has 7 rings (SSSR count). The van der Waals surface area contributed by atoms with E-state index in [1.54, 1.807) is 58.1 Å². The lowest BCUT2D eigenvalue weighted by Gasteiger charge is -2.46. The van der Waals surface area contributed by atoms with Gasteiger partial charge in [-0.05, 0) is 94.1 Å². The number of aromatic nitrogens is 3. The number of pyridine rings is 1. The molecule has 2 aromatic heterocycles. The van der Waals surface area contributed by atoms with Gasteiger partial charge in [0.25, 0.3) is 0 Å². The predicted molar refractivity (Wildman–Crippen MR) is 243 cm³/mol. The molecule has 14 nitrogen and oxygen atoms in total. The van der Waals surface area contributed by atoms with Gasteiger partial charge in [-0.25, -0.2) is 24.1 Å². The van der Waals surface area contributed by atoms with Crippen LogP contribution in [0.15, 0.2) is 89.6 Å². The number of benzene rings is 3. The van der Waals surface area contributed by atoms with Crippen molar-refractivity contribution in [3.05, 3.63) is 118 Å². The lowest BCUT2D eigenvalue weighted by Crippen LogP contribution is -2.60. The Labute approximate surface area is 373 Å². The van der Waals surface area contributed by atoms with Gasteiger partial charge in [0.05, 0.1) is 36.2 Å². The van der Waals surface area contributed by atoms with Crippen LogP contribution in [0.2, 0.25) is 5.02 Å². The summed E-state index contributed by atoms with van der Waals surface area (Å²) in [5, 5.41) is 0.0770. The van der Waals surface area contributed by atoms with E-state index in [9.17, 15) is 4.79 Å². The van der Waals surface area contributed by atoms with E-state index in [4.69, 9.17) is 35.8 Å². The lowest BCUT2D eigenvalue weighted by molar-refractivity contribution is 0.000505. The maximum absolute atomic E-state index is 15.6. The number of piperazine rings is 1. The van der Waals surface area contributed by atoms with Gasteiger partial charge in [-0.3, -0.25) is 0 Å². The molecule has 2 aliphatic rings. The molecule has 2 aliphatic heterocycles. The molecular formula is C46H52ClFN8O6S. The van der Waals surface area contributed by atoms with Crippen molar-refractivity contribution >= 4 is 51.1 Å². The second-order valence-electron chi connectivity index (χ2n) is 16.9. The fourth-order valence-electron chi connectivity index (χ4n) is 7.71. The number of carbonyl (C=O) groups excluding carboxylic acids is 1. The largest absolute Gasteiger partial charge is 0.497 e. The molecule has 0 unspecified atom stereocenters. The minimum atomic E-state index is -4.75. The summed E-state index contributed by atoms with van der Waals surface area (Å²) in [7, 11) is -1.55. The van der Waals surface area contributed by atoms with Crippen LogP contribution in [0.5, 0.6) is 11.5 Å². The fraction of sp³-hybridized carbons (Fsp3) is 0.370. The number of hydrogen-bond acceptors (Lipinski definition) is 11. The van der Waals surface area contributed by atoms with Crippen LogP contribution in [0.4, 0.5) is 26.5 Å². The third-order valence-electron chi connectivity index (χ3n) is 10.8. The highest BCUT2D eigenvalue weighted by Gasteiger charge is 2.44. The van der Waals surface area contributed by atoms with E-state index < -0.39 is 39.8 Å². The Bertz CT molecular complexity index is 2580. The third kappa shape index (κ3) is 9.52. The van der Waals surface area contributed by atoms with Gasteiger partial charge in [0.2, 0.25) is 0 Å². The van der Waals surface area contributed by atoms with Crippen molar-refractivity contribution in [2.24, 2.45) is 4.40 Å². The number of hydrogen-bond donors (Lipinski definition) is 0. The first-order valence-corrected chi connectivity index (χ1v) is 22.4. The molecule has 332 valence electrons. The van der Waals surface area contributed by atoms with Crippen molar-refractivity contribution in [2.75, 3.05) is 36.5 Å². The molecule has 0 aliphatic carbocycles. The van der Waals surface area contributed by atoms with Crippen LogP contribution in [0.3, 0.4) is 0 Å². The highest BCUT2D eigenvalue weighted by Crippen LogP contribution is 2.46. The molecule has 0 radical (unpaired) electrons. The van der Waals surface area contributed by atoms with Crippen molar-refractivity contribution in [1.29, 1.82) is 0 Å². The monoisotopic (exact) mass is 898 g/mol. The molecule has 0 saturated carbocycles. The van der Waals surface area contributed by atoms with Gasteiger partial charge < -0.3 is 28.9 Å². The van der Waals surface area contributed by atoms with E-state index in [1.165, 1.54) is 18.5 Å². The van der Waals surface area contributed by atoms with E-state index in [2.05, 4.69) is 9.38 Å². The number of rotatable bonds is 10. The summed E-state index contributed by atoms with van der Waals surface area (Å²) in [4.78, 5) is 33.2. The highest BCUT2D eigenvalue weighted by molar-refractivity contribution is 7.92. The molecule has 3 aromatic carbocycles. The minimum absolute atomic E-state index is 0.0314. The Balaban J connectivity index is 1.44. The van der Waals surface area contributed by atoms with Gasteiger partial charge in [0.15, 0.2) is 17.5 Å². The molecule has 1 fully saturated rings. The second kappa shape index (κ2) is 18.0. The minimum Gasteiger partial charge on any atom is -0.497 e. The first-order valence-electron chi connectivity index (χ1n) is 20.6. The quantitative estimate of drug-likeness (QED) is 0.132. The van der Waals surface area contributed by atoms with Crippen LogP contribution >= 0.6 is 11.6 Å². The van der Waals surface area contributed by atoms with Gasteiger partial charge in [-0.15, -0.1) is 4.40 Å². The number of amides is 1. The van der Waals surface area contributed by atoms with Gasteiger partial charge in [0, 0.05) is 43.8 Å². The average Bonchev–Trinajstić information content (AvgIpc) is 3.23. The van der Waals surface area contributed by atoms with Crippen LogP contribution in [0.1, 0.15) is 76.8 Å². The summed E-state index contributed by atoms with van der Waals surface area (Å²) in [6.45, 7) is 14.0. The van der Waals surface area contributed by atoms with Crippen LogP contribution in [0.25, 0.3) is 11.3 Å². The number of anilines is 3. The van der Waals surface area contributed by atoms with Crippen LogP contribution < -0.4 is 18.7 Å². The molecule has 17 heteroatoms. The van der Waals surface area contributed by atoms with E-state index in [1.807, 2.05) is 86.0 Å². The maximum Gasteiger partial charge on any atom is 0.410 e. The van der Waals surface area contributed by atoms with Gasteiger partial charge in [-0.2, -0.15) is 12.7 Å². The van der Waals surface area contributed by atoms with E-state index in [0.717, 1.165) is 15.4 Å². The van der Waals surface area contributed by atoms with Gasteiger partial charge >= 0.3 is 16.3 Å². The number of halogens is 2. The second-order valence-corrected chi connectivity index (χ2v) is 18.8. The van der Waals surface area contributed by atoms with Crippen molar-refractivity contribution in [3.63, 3.8) is 0 Å². The first kappa shape index (κ1) is 45.0. The van der Waals surface area contributed by atoms with Crippen molar-refractivity contribution < 1.29 is 31.8 Å². The van der Waals surface area contributed by atoms with Gasteiger partial charge in [-0.1, -0.05) is 61.8 Å². The van der Waals surface area contributed by atoms with E-state index >= 15 is 12.8 Å². The summed E-state index contributed by atoms with van der Waals surface area (Å²) in [5.41, 5.74) is 1.99. The third-order valence-corrected chi connectivity index (χ3v) is 12.3. The summed E-state index contributed by atoms with van der Waals surface area (Å²) in [5.74, 6) is 0.741. The number of carbonyl (C=O) groups is 1. The predicted octanol–water partition coefficient (Wildman–Crippen LogP) is 9.15. The number of methoxy groups -OCH3 is 2. The summed E-state index contributed by atoms with van der Waals surface area (Å²) < 4.78 is 68.4. The molecular weight excluding hydrogens is 847 g/mol. The van der Waals surface area contributed by atoms with Crippen LogP contribution in [-0.4, -0.2) is 90.1 Å². The van der Waals surface area contributed by atoms with Crippen molar-refractivity contribution in [3.8, 4) is 22.8 Å². The number of amidine groups is 1. The summed E-state index contributed by atoms with van der Waals surface area (Å²) in [6, 6.07) is 21.9. The molecule has 1 saturated heterocycles. The van der Waals surface area contributed by atoms with Crippen LogP contribution in [-0.2, 0) is 28.0 Å².